The molecule has 0 aromatic heterocycles. The summed E-state index contributed by atoms with van der Waals surface area (Å²) in [5.74, 6) is 1.09. The lowest BCUT2D eigenvalue weighted by atomic mass is 9.89. The van der Waals surface area contributed by atoms with Gasteiger partial charge in [0.2, 0.25) is 5.91 Å². The topological polar surface area (TPSA) is 40.6 Å². The van der Waals surface area contributed by atoms with E-state index < -0.39 is 0 Å². The number of hydrogen-bond donors (Lipinski definition) is 0. The molecule has 2 aromatic rings. The minimum atomic E-state index is -0.328. The molecule has 0 saturated carbocycles. The molecule has 2 fully saturated rings. The Balaban J connectivity index is 1.15. The second kappa shape index (κ2) is 10.8. The summed E-state index contributed by atoms with van der Waals surface area (Å²) in [7, 11) is 0. The first kappa shape index (κ1) is 22.5. The van der Waals surface area contributed by atoms with Crippen molar-refractivity contribution in [1.29, 1.82) is 0 Å². The zero-order valence-corrected chi connectivity index (χ0v) is 18.7. The van der Waals surface area contributed by atoms with Gasteiger partial charge in [-0.2, -0.15) is 0 Å². The van der Waals surface area contributed by atoms with Crippen molar-refractivity contribution < 1.29 is 14.0 Å². The number of benzene rings is 2. The molecule has 2 amide bonds. The van der Waals surface area contributed by atoms with Gasteiger partial charge in [-0.15, -0.1) is 0 Å². The number of amides is 2. The minimum Gasteiger partial charge on any atom is -0.343 e. The zero-order valence-electron chi connectivity index (χ0n) is 18.7. The largest absolute Gasteiger partial charge is 0.343 e. The number of carbonyl (C=O) groups is 2. The van der Waals surface area contributed by atoms with Crippen molar-refractivity contribution in [2.24, 2.45) is 11.8 Å². The second-order valence-corrected chi connectivity index (χ2v) is 9.30. The summed E-state index contributed by atoms with van der Waals surface area (Å²) in [5.41, 5.74) is 1.93. The number of carbonyl (C=O) groups excluding carboxylic acids is 2. The van der Waals surface area contributed by atoms with Gasteiger partial charge in [0, 0.05) is 38.2 Å². The number of piperidine rings is 2. The van der Waals surface area contributed by atoms with Crippen LogP contribution in [0.25, 0.3) is 0 Å². The lowest BCUT2D eigenvalue weighted by molar-refractivity contribution is -0.133. The Labute approximate surface area is 190 Å². The molecule has 2 aromatic carbocycles. The summed E-state index contributed by atoms with van der Waals surface area (Å²) in [6.45, 7) is 3.17. The standard InChI is InChI=1S/C27H33FN2O2/c28-25-9-7-24(8-10-25)27(32)30-18-12-21(13-19-30)6-11-26(31)29-16-14-23(15-17-29)20-22-4-2-1-3-5-22/h1-5,7-10,21,23H,6,11-20H2. The fraction of sp³-hybridized carbons (Fsp3) is 0.481. The highest BCUT2D eigenvalue weighted by atomic mass is 19.1. The van der Waals surface area contributed by atoms with Crippen LogP contribution in [-0.4, -0.2) is 47.8 Å². The molecule has 2 saturated heterocycles. The van der Waals surface area contributed by atoms with Gasteiger partial charge in [-0.05, 0) is 80.2 Å². The van der Waals surface area contributed by atoms with Crippen LogP contribution >= 0.6 is 0 Å². The number of likely N-dealkylation sites (tertiary alicyclic amines) is 2. The van der Waals surface area contributed by atoms with Gasteiger partial charge in [0.25, 0.3) is 5.91 Å². The van der Waals surface area contributed by atoms with Crippen molar-refractivity contribution in [3.05, 3.63) is 71.5 Å². The van der Waals surface area contributed by atoms with Crippen LogP contribution < -0.4 is 0 Å². The average Bonchev–Trinajstić information content (AvgIpc) is 2.84. The number of halogens is 1. The van der Waals surface area contributed by atoms with Gasteiger partial charge in [0.1, 0.15) is 5.82 Å². The summed E-state index contributed by atoms with van der Waals surface area (Å²) in [6, 6.07) is 16.4. The smallest absolute Gasteiger partial charge is 0.253 e. The van der Waals surface area contributed by atoms with Crippen LogP contribution in [0.4, 0.5) is 4.39 Å². The lowest BCUT2D eigenvalue weighted by Crippen LogP contribution is -2.40. The first-order chi connectivity index (χ1) is 15.6. The third-order valence-electron chi connectivity index (χ3n) is 7.09. The van der Waals surface area contributed by atoms with Gasteiger partial charge in [-0.3, -0.25) is 9.59 Å². The molecule has 0 spiro atoms. The Morgan fingerprint density at radius 3 is 2.03 bits per heavy atom. The van der Waals surface area contributed by atoms with Gasteiger partial charge in [-0.1, -0.05) is 30.3 Å². The van der Waals surface area contributed by atoms with Crippen molar-refractivity contribution in [2.45, 2.75) is 44.9 Å². The summed E-state index contributed by atoms with van der Waals surface area (Å²) in [5, 5.41) is 0. The third kappa shape index (κ3) is 5.96. The summed E-state index contributed by atoms with van der Waals surface area (Å²) in [6.07, 6.45) is 6.66. The van der Waals surface area contributed by atoms with E-state index >= 15 is 0 Å². The van der Waals surface area contributed by atoms with E-state index in [2.05, 4.69) is 35.2 Å². The van der Waals surface area contributed by atoms with Gasteiger partial charge in [0.05, 0.1) is 0 Å². The Hall–Kier alpha value is -2.69. The summed E-state index contributed by atoms with van der Waals surface area (Å²) in [4.78, 5) is 29.2. The first-order valence-corrected chi connectivity index (χ1v) is 11.9. The predicted octanol–water partition coefficient (Wildman–Crippen LogP) is 4.94. The highest BCUT2D eigenvalue weighted by Crippen LogP contribution is 2.26. The Morgan fingerprint density at radius 1 is 0.781 bits per heavy atom. The molecule has 2 aliphatic heterocycles. The lowest BCUT2D eigenvalue weighted by Gasteiger charge is -2.34. The molecule has 4 nitrogen and oxygen atoms in total. The van der Waals surface area contributed by atoms with Crippen molar-refractivity contribution >= 4 is 11.8 Å². The van der Waals surface area contributed by atoms with Crippen LogP contribution in [0.15, 0.2) is 54.6 Å². The van der Waals surface area contributed by atoms with E-state index in [0.717, 1.165) is 51.6 Å². The number of hydrogen-bond acceptors (Lipinski definition) is 2. The van der Waals surface area contributed by atoms with E-state index in [9.17, 15) is 14.0 Å². The highest BCUT2D eigenvalue weighted by Gasteiger charge is 2.26. The van der Waals surface area contributed by atoms with E-state index in [1.165, 1.54) is 17.7 Å². The maximum absolute atomic E-state index is 13.1. The SMILES string of the molecule is O=C(CCC1CCN(C(=O)c2ccc(F)cc2)CC1)N1CCC(Cc2ccccc2)CC1. The Kier molecular flexibility index (Phi) is 7.56. The molecule has 2 aliphatic rings. The van der Waals surface area contributed by atoms with Crippen LogP contribution in [0, 0.1) is 17.7 Å². The average molecular weight is 437 g/mol. The predicted molar refractivity (Wildman–Crippen MR) is 124 cm³/mol. The Bertz CT molecular complexity index is 884. The van der Waals surface area contributed by atoms with Crippen molar-refractivity contribution in [1.82, 2.24) is 9.80 Å². The molecule has 0 unspecified atom stereocenters. The molecule has 0 N–H and O–H groups in total. The number of rotatable bonds is 6. The molecule has 0 radical (unpaired) electrons. The second-order valence-electron chi connectivity index (χ2n) is 9.30. The highest BCUT2D eigenvalue weighted by molar-refractivity contribution is 5.94. The molecule has 32 heavy (non-hydrogen) atoms. The zero-order chi connectivity index (χ0) is 22.3. The quantitative estimate of drug-likeness (QED) is 0.644. The number of nitrogens with zero attached hydrogens (tertiary/aromatic N) is 2. The third-order valence-corrected chi connectivity index (χ3v) is 7.09. The minimum absolute atomic E-state index is 0.0297. The van der Waals surface area contributed by atoms with Crippen molar-refractivity contribution in [3.8, 4) is 0 Å². The van der Waals surface area contributed by atoms with E-state index in [1.54, 1.807) is 12.1 Å². The summed E-state index contributed by atoms with van der Waals surface area (Å²) >= 11 is 0. The van der Waals surface area contributed by atoms with Crippen LogP contribution in [0.2, 0.25) is 0 Å². The van der Waals surface area contributed by atoms with E-state index in [0.29, 0.717) is 36.9 Å². The molecular formula is C27H33FN2O2. The van der Waals surface area contributed by atoms with Crippen molar-refractivity contribution in [3.63, 3.8) is 0 Å². The van der Waals surface area contributed by atoms with E-state index in [1.807, 2.05) is 4.90 Å². The van der Waals surface area contributed by atoms with Crippen LogP contribution in [0.1, 0.15) is 54.4 Å². The fourth-order valence-electron chi connectivity index (χ4n) is 5.02. The van der Waals surface area contributed by atoms with Gasteiger partial charge in [-0.25, -0.2) is 4.39 Å². The molecule has 0 atom stereocenters. The van der Waals surface area contributed by atoms with Gasteiger partial charge >= 0.3 is 0 Å². The molecule has 5 heteroatoms. The molecule has 2 heterocycles. The fourth-order valence-corrected chi connectivity index (χ4v) is 5.02. The summed E-state index contributed by atoms with van der Waals surface area (Å²) < 4.78 is 13.1. The van der Waals surface area contributed by atoms with Gasteiger partial charge < -0.3 is 9.80 Å². The first-order valence-electron chi connectivity index (χ1n) is 11.9. The van der Waals surface area contributed by atoms with Crippen LogP contribution in [0.3, 0.4) is 0 Å². The maximum Gasteiger partial charge on any atom is 0.253 e. The van der Waals surface area contributed by atoms with Crippen molar-refractivity contribution in [2.75, 3.05) is 26.2 Å². The molecule has 0 aliphatic carbocycles. The molecule has 0 bridgehead atoms. The van der Waals surface area contributed by atoms with E-state index in [4.69, 9.17) is 0 Å². The van der Waals surface area contributed by atoms with E-state index in [-0.39, 0.29) is 17.6 Å². The Morgan fingerprint density at radius 2 is 1.38 bits per heavy atom. The molecule has 4 rings (SSSR count). The molecular weight excluding hydrogens is 403 g/mol. The van der Waals surface area contributed by atoms with Gasteiger partial charge in [0.15, 0.2) is 0 Å². The maximum atomic E-state index is 13.1. The monoisotopic (exact) mass is 436 g/mol. The van der Waals surface area contributed by atoms with Crippen LogP contribution in [-0.2, 0) is 11.2 Å². The normalized spacial score (nSPS) is 18.0. The molecule has 170 valence electrons. The van der Waals surface area contributed by atoms with Crippen LogP contribution in [0.5, 0.6) is 0 Å².